The lowest BCUT2D eigenvalue weighted by atomic mass is 9.96. The van der Waals surface area contributed by atoms with Gasteiger partial charge in [-0.2, -0.15) is 0 Å². The lowest BCUT2D eigenvalue weighted by molar-refractivity contribution is -0.00769. The summed E-state index contributed by atoms with van der Waals surface area (Å²) >= 11 is -6.17. The van der Waals surface area contributed by atoms with Crippen LogP contribution in [0, 0.1) is 0 Å². The van der Waals surface area contributed by atoms with E-state index >= 15 is 0 Å². The normalized spacial score (nSPS) is 14.4. The maximum atomic E-state index is 13.0. The molecule has 218 valence electrons. The van der Waals surface area contributed by atoms with E-state index in [-0.39, 0.29) is 23.0 Å². The van der Waals surface area contributed by atoms with Gasteiger partial charge in [-0.05, 0) is 52.5 Å². The average Bonchev–Trinajstić information content (AvgIpc) is 2.70. The lowest BCUT2D eigenvalue weighted by Crippen LogP contribution is -2.11. The molecule has 0 spiro atoms. The van der Waals surface area contributed by atoms with Crippen molar-refractivity contribution in [3.8, 4) is 5.75 Å². The van der Waals surface area contributed by atoms with Crippen LogP contribution in [0.25, 0.3) is 0 Å². The Kier molecular flexibility index (Phi) is 11.4. The molecule has 2 rings (SSSR count). The zero-order valence-electron chi connectivity index (χ0n) is 21.8. The number of halogens is 10. The van der Waals surface area contributed by atoms with E-state index in [0.717, 1.165) is 17.2 Å². The molecule has 0 fully saturated rings. The van der Waals surface area contributed by atoms with Gasteiger partial charge in [-0.25, -0.2) is 0 Å². The first-order valence-corrected chi connectivity index (χ1v) is 14.4. The molecule has 0 radical (unpaired) electrons. The molecule has 0 aliphatic rings. The highest BCUT2D eigenvalue weighted by atomic mass is 32.5. The van der Waals surface area contributed by atoms with Gasteiger partial charge in [-0.1, -0.05) is 115 Å². The van der Waals surface area contributed by atoms with Crippen LogP contribution in [-0.4, -0.2) is 0 Å². The Hall–Kier alpha value is -1.76. The summed E-state index contributed by atoms with van der Waals surface area (Å²) in [6.07, 6.45) is 0. The van der Waals surface area contributed by atoms with Crippen molar-refractivity contribution in [3.63, 3.8) is 0 Å². The maximum Gasteiger partial charge on any atom is 0.379 e. The maximum absolute atomic E-state index is 13.0. The zero-order chi connectivity index (χ0) is 29.6. The molecule has 0 aliphatic carbocycles. The molecule has 0 N–H and O–H groups in total. The molecule has 2 aromatic carbocycles. The molecule has 0 amide bonds. The Labute approximate surface area is 214 Å². The van der Waals surface area contributed by atoms with Crippen LogP contribution < -0.4 is 4.94 Å². The minimum Gasteiger partial charge on any atom is -0.294 e. The van der Waals surface area contributed by atoms with Crippen LogP contribution in [0.15, 0.2) is 41.3 Å². The summed E-state index contributed by atoms with van der Waals surface area (Å²) in [6.45, 7) is 14.5. The predicted octanol–water partition coefficient (Wildman–Crippen LogP) is 13.1. The minimum absolute atomic E-state index is 0.232. The van der Waals surface area contributed by atoms with E-state index in [0.29, 0.717) is 17.7 Å². The van der Waals surface area contributed by atoms with E-state index in [4.69, 9.17) is 0 Å². The fraction of sp³-hybridized carbons (Fsp3) is 0.500. The van der Waals surface area contributed by atoms with Crippen molar-refractivity contribution in [2.75, 3.05) is 0 Å². The third-order valence-electron chi connectivity index (χ3n) is 5.15. The van der Waals surface area contributed by atoms with Crippen molar-refractivity contribution in [3.05, 3.63) is 58.7 Å². The summed E-state index contributed by atoms with van der Waals surface area (Å²) < 4.78 is 116. The van der Waals surface area contributed by atoms with Crippen molar-refractivity contribution in [2.45, 2.75) is 84.0 Å². The highest BCUT2D eigenvalue weighted by Crippen LogP contribution is 3.02. The summed E-state index contributed by atoms with van der Waals surface area (Å²) in [6, 6.07) is 8.99. The summed E-state index contributed by atoms with van der Waals surface area (Å²) in [5, 5.41) is 0. The van der Waals surface area contributed by atoms with E-state index in [1.165, 1.54) is 19.9 Å². The van der Waals surface area contributed by atoms with Crippen LogP contribution in [0.1, 0.15) is 101 Å². The van der Waals surface area contributed by atoms with Gasteiger partial charge >= 0.3 is 21.8 Å². The average molecular weight is 593 g/mol. The Morgan fingerprint density at radius 3 is 1.24 bits per heavy atom. The second kappa shape index (κ2) is 12.0. The summed E-state index contributed by atoms with van der Waals surface area (Å²) in [4.78, 5) is 2.16. The number of benzene rings is 2. The first-order valence-electron chi connectivity index (χ1n) is 11.2. The van der Waals surface area contributed by atoms with E-state index in [2.05, 4.69) is 18.8 Å². The summed E-state index contributed by atoms with van der Waals surface area (Å²) in [5.41, 5.74) is 1.93. The predicted molar refractivity (Wildman–Crippen MR) is 134 cm³/mol. The second-order valence-electron chi connectivity index (χ2n) is 9.61. The SMILES string of the molecule is CC(C)c1ccc(C(C)C)c(OF)c1.CC(C)c1ccc(C(C)C)c(S(F)(F)(F)(F)F)c1.FS(F)(F)F. The highest BCUT2D eigenvalue weighted by molar-refractivity contribution is 8.45. The fourth-order valence-electron chi connectivity index (χ4n) is 3.17. The molecule has 13 heteroatoms. The van der Waals surface area contributed by atoms with Crippen LogP contribution in [0.4, 0.5) is 39.5 Å². The van der Waals surface area contributed by atoms with E-state index in [1.54, 1.807) is 19.9 Å². The molecular weight excluding hydrogens is 558 g/mol. The molecule has 1 nitrogen and oxygen atoms in total. The van der Waals surface area contributed by atoms with Crippen molar-refractivity contribution in [1.82, 2.24) is 0 Å². The quantitative estimate of drug-likeness (QED) is 0.303. The molecule has 0 saturated carbocycles. The van der Waals surface area contributed by atoms with Crippen molar-refractivity contribution >= 4 is 21.8 Å². The van der Waals surface area contributed by atoms with Gasteiger partial charge in [-0.3, -0.25) is 4.94 Å². The van der Waals surface area contributed by atoms with E-state index in [1.807, 2.05) is 26.0 Å². The molecule has 2 aromatic rings. The van der Waals surface area contributed by atoms with Crippen molar-refractivity contribution < 1.29 is 44.4 Å². The van der Waals surface area contributed by atoms with Gasteiger partial charge in [-0.15, -0.1) is 0 Å². The second-order valence-corrected chi connectivity index (χ2v) is 12.7. The molecule has 0 atom stereocenters. The molecule has 0 aliphatic heterocycles. The van der Waals surface area contributed by atoms with Crippen LogP contribution in [0.3, 0.4) is 0 Å². The van der Waals surface area contributed by atoms with Crippen LogP contribution in [0.2, 0.25) is 0 Å². The Morgan fingerprint density at radius 2 is 0.946 bits per heavy atom. The Morgan fingerprint density at radius 1 is 0.595 bits per heavy atom. The molecule has 0 heterocycles. The van der Waals surface area contributed by atoms with Crippen molar-refractivity contribution in [1.29, 1.82) is 0 Å². The summed E-state index contributed by atoms with van der Waals surface area (Å²) in [5.74, 6) is 0.188. The van der Waals surface area contributed by atoms with Crippen molar-refractivity contribution in [2.24, 2.45) is 0 Å². The van der Waals surface area contributed by atoms with Gasteiger partial charge in [0.1, 0.15) is 4.90 Å². The van der Waals surface area contributed by atoms with Gasteiger partial charge in [0.05, 0.1) is 0 Å². The smallest absolute Gasteiger partial charge is 0.294 e. The Balaban J connectivity index is 0.000000605. The van der Waals surface area contributed by atoms with Crippen LogP contribution in [-0.2, 0) is 0 Å². The van der Waals surface area contributed by atoms with Crippen LogP contribution >= 0.6 is 21.8 Å². The number of hydrogen-bond donors (Lipinski definition) is 0. The lowest BCUT2D eigenvalue weighted by Gasteiger charge is -2.42. The molecule has 0 unspecified atom stereocenters. The monoisotopic (exact) mass is 592 g/mol. The fourth-order valence-corrected chi connectivity index (χ4v) is 4.28. The third kappa shape index (κ3) is 13.0. The summed E-state index contributed by atoms with van der Waals surface area (Å²) in [7, 11) is -9.63. The Bertz CT molecular complexity index is 1010. The van der Waals surface area contributed by atoms with Gasteiger partial charge in [0.15, 0.2) is 5.75 Å². The zero-order valence-corrected chi connectivity index (χ0v) is 23.4. The molecule has 0 saturated heterocycles. The van der Waals surface area contributed by atoms with E-state index in [9.17, 15) is 39.5 Å². The molecular formula is C24H34F10OS2. The topological polar surface area (TPSA) is 9.23 Å². The number of hydrogen-bond acceptors (Lipinski definition) is 1. The van der Waals surface area contributed by atoms with Crippen LogP contribution in [0.5, 0.6) is 5.75 Å². The molecule has 37 heavy (non-hydrogen) atoms. The first-order chi connectivity index (χ1) is 16.3. The first kappa shape index (κ1) is 35.2. The van der Waals surface area contributed by atoms with Gasteiger partial charge < -0.3 is 0 Å². The van der Waals surface area contributed by atoms with Gasteiger partial charge in [0.25, 0.3) is 0 Å². The third-order valence-corrected chi connectivity index (χ3v) is 6.34. The minimum atomic E-state index is -9.63. The molecule has 0 bridgehead atoms. The van der Waals surface area contributed by atoms with Gasteiger partial charge in [0.2, 0.25) is 0 Å². The standard InChI is InChI=1S/C12H17F5S.C12H17FO.F4S/c1-8(2)10-5-6-11(9(3)4)12(7-10)18(13,14,15,16)17;1-8(2)10-5-6-11(9(3)4)12(7-10)14-13;1-5(2,3)4/h5-9H,1-4H3;5-9H,1-4H3;. The highest BCUT2D eigenvalue weighted by Gasteiger charge is 2.66. The van der Waals surface area contributed by atoms with Gasteiger partial charge in [0, 0.05) is 10.1 Å². The number of rotatable bonds is 6. The molecule has 0 aromatic heterocycles. The largest absolute Gasteiger partial charge is 0.379 e. The van der Waals surface area contributed by atoms with E-state index < -0.39 is 32.6 Å².